The third kappa shape index (κ3) is 1.18. The highest BCUT2D eigenvalue weighted by atomic mass is 16.5. The summed E-state index contributed by atoms with van der Waals surface area (Å²) in [5.74, 6) is 1.09. The van der Waals surface area contributed by atoms with Gasteiger partial charge in [-0.2, -0.15) is 4.98 Å². The van der Waals surface area contributed by atoms with Crippen LogP contribution in [0.15, 0.2) is 28.9 Å². The molecule has 4 nitrogen and oxygen atoms in total. The average Bonchev–Trinajstić information content (AvgIpc) is 2.54. The molecule has 0 fully saturated rings. The van der Waals surface area contributed by atoms with E-state index in [1.165, 1.54) is 0 Å². The van der Waals surface area contributed by atoms with Crippen LogP contribution in [0.2, 0.25) is 0 Å². The SMILES string of the molecule is Cc1noc(-c2ccccn2)n1. The lowest BCUT2D eigenvalue weighted by molar-refractivity contribution is 0.424. The molecule has 0 aliphatic rings. The lowest BCUT2D eigenvalue weighted by Crippen LogP contribution is -1.81. The van der Waals surface area contributed by atoms with Crippen molar-refractivity contribution in [3.63, 3.8) is 0 Å². The second-order valence-electron chi connectivity index (χ2n) is 2.36. The van der Waals surface area contributed by atoms with Gasteiger partial charge in [0.05, 0.1) is 0 Å². The van der Waals surface area contributed by atoms with Gasteiger partial charge < -0.3 is 4.52 Å². The number of rotatable bonds is 1. The maximum absolute atomic E-state index is 4.93. The van der Waals surface area contributed by atoms with Gasteiger partial charge in [-0.25, -0.2) is 0 Å². The van der Waals surface area contributed by atoms with Crippen molar-refractivity contribution in [2.24, 2.45) is 0 Å². The molecule has 0 N–H and O–H groups in total. The van der Waals surface area contributed by atoms with Gasteiger partial charge >= 0.3 is 0 Å². The number of hydrogen-bond acceptors (Lipinski definition) is 4. The zero-order valence-corrected chi connectivity index (χ0v) is 6.56. The van der Waals surface area contributed by atoms with E-state index in [4.69, 9.17) is 4.52 Å². The third-order valence-corrected chi connectivity index (χ3v) is 1.41. The molecule has 0 saturated carbocycles. The first-order valence-electron chi connectivity index (χ1n) is 3.58. The standard InChI is InChI=1S/C8H7N3O/c1-6-10-8(12-11-6)7-4-2-3-5-9-7/h2-5H,1H3. The molecule has 2 heterocycles. The quantitative estimate of drug-likeness (QED) is 0.635. The van der Waals surface area contributed by atoms with Crippen LogP contribution in [0.3, 0.4) is 0 Å². The summed E-state index contributed by atoms with van der Waals surface area (Å²) in [5.41, 5.74) is 0.707. The van der Waals surface area contributed by atoms with Gasteiger partial charge in [0, 0.05) is 6.20 Å². The van der Waals surface area contributed by atoms with E-state index in [0.29, 0.717) is 17.4 Å². The van der Waals surface area contributed by atoms with Crippen LogP contribution in [-0.2, 0) is 0 Å². The highest BCUT2D eigenvalue weighted by Crippen LogP contribution is 2.12. The summed E-state index contributed by atoms with van der Waals surface area (Å²) in [5, 5.41) is 3.67. The molecule has 12 heavy (non-hydrogen) atoms. The molecular weight excluding hydrogens is 154 g/mol. The van der Waals surface area contributed by atoms with Crippen LogP contribution in [-0.4, -0.2) is 15.1 Å². The number of aryl methyl sites for hydroxylation is 1. The summed E-state index contributed by atoms with van der Waals surface area (Å²) < 4.78 is 4.93. The summed E-state index contributed by atoms with van der Waals surface area (Å²) in [7, 11) is 0. The predicted molar refractivity (Wildman–Crippen MR) is 42.3 cm³/mol. The summed E-state index contributed by atoms with van der Waals surface area (Å²) in [6, 6.07) is 5.54. The largest absolute Gasteiger partial charge is 0.332 e. The van der Waals surface area contributed by atoms with E-state index < -0.39 is 0 Å². The minimum Gasteiger partial charge on any atom is -0.332 e. The summed E-state index contributed by atoms with van der Waals surface area (Å²) in [4.78, 5) is 8.11. The number of nitrogens with zero attached hydrogens (tertiary/aromatic N) is 3. The first-order valence-corrected chi connectivity index (χ1v) is 3.58. The van der Waals surface area contributed by atoms with Gasteiger partial charge in [0.15, 0.2) is 5.82 Å². The van der Waals surface area contributed by atoms with Crippen molar-refractivity contribution in [2.75, 3.05) is 0 Å². The maximum Gasteiger partial charge on any atom is 0.276 e. The van der Waals surface area contributed by atoms with Crippen LogP contribution >= 0.6 is 0 Å². The Bertz CT molecular complexity index is 369. The Labute approximate surface area is 69.3 Å². The van der Waals surface area contributed by atoms with Crippen molar-refractivity contribution in [1.82, 2.24) is 15.1 Å². The van der Waals surface area contributed by atoms with Crippen LogP contribution in [0, 0.1) is 6.92 Å². The van der Waals surface area contributed by atoms with Gasteiger partial charge in [0.1, 0.15) is 5.69 Å². The normalized spacial score (nSPS) is 10.1. The zero-order valence-electron chi connectivity index (χ0n) is 6.56. The van der Waals surface area contributed by atoms with E-state index >= 15 is 0 Å². The fourth-order valence-corrected chi connectivity index (χ4v) is 0.890. The second-order valence-corrected chi connectivity index (χ2v) is 2.36. The molecule has 0 amide bonds. The van der Waals surface area contributed by atoms with Gasteiger partial charge in [-0.3, -0.25) is 4.98 Å². The highest BCUT2D eigenvalue weighted by molar-refractivity contribution is 5.45. The molecular formula is C8H7N3O. The molecule has 2 rings (SSSR count). The zero-order chi connectivity index (χ0) is 8.39. The smallest absolute Gasteiger partial charge is 0.276 e. The molecule has 0 radical (unpaired) electrons. The molecule has 0 atom stereocenters. The van der Waals surface area contributed by atoms with E-state index in [1.807, 2.05) is 18.2 Å². The molecule has 0 unspecified atom stereocenters. The molecule has 2 aromatic heterocycles. The summed E-state index contributed by atoms with van der Waals surface area (Å²) in [6.07, 6.45) is 1.69. The minimum absolute atomic E-state index is 0.466. The Morgan fingerprint density at radius 1 is 1.33 bits per heavy atom. The average molecular weight is 161 g/mol. The topological polar surface area (TPSA) is 51.8 Å². The van der Waals surface area contributed by atoms with Crippen LogP contribution in [0.4, 0.5) is 0 Å². The Morgan fingerprint density at radius 2 is 2.25 bits per heavy atom. The van der Waals surface area contributed by atoms with Crippen molar-refractivity contribution in [3.05, 3.63) is 30.2 Å². The fraction of sp³-hybridized carbons (Fsp3) is 0.125. The first kappa shape index (κ1) is 6.97. The first-order chi connectivity index (χ1) is 5.86. The van der Waals surface area contributed by atoms with Crippen LogP contribution < -0.4 is 0 Å². The summed E-state index contributed by atoms with van der Waals surface area (Å²) >= 11 is 0. The molecule has 0 aliphatic carbocycles. The molecule has 2 aromatic rings. The lowest BCUT2D eigenvalue weighted by Gasteiger charge is -1.88. The summed E-state index contributed by atoms with van der Waals surface area (Å²) in [6.45, 7) is 1.77. The van der Waals surface area contributed by atoms with Gasteiger partial charge in [-0.05, 0) is 19.1 Å². The van der Waals surface area contributed by atoms with E-state index in [0.717, 1.165) is 0 Å². The molecule has 0 saturated heterocycles. The molecule has 0 aromatic carbocycles. The van der Waals surface area contributed by atoms with Crippen molar-refractivity contribution in [3.8, 4) is 11.6 Å². The Morgan fingerprint density at radius 3 is 2.83 bits per heavy atom. The molecule has 0 aliphatic heterocycles. The monoisotopic (exact) mass is 161 g/mol. The van der Waals surface area contributed by atoms with Crippen LogP contribution in [0.25, 0.3) is 11.6 Å². The van der Waals surface area contributed by atoms with Gasteiger partial charge in [-0.1, -0.05) is 11.2 Å². The van der Waals surface area contributed by atoms with Gasteiger partial charge in [0.25, 0.3) is 5.89 Å². The number of pyridine rings is 1. The van der Waals surface area contributed by atoms with Crippen molar-refractivity contribution in [1.29, 1.82) is 0 Å². The molecule has 60 valence electrons. The highest BCUT2D eigenvalue weighted by Gasteiger charge is 2.05. The van der Waals surface area contributed by atoms with Crippen molar-refractivity contribution in [2.45, 2.75) is 6.92 Å². The number of hydrogen-bond donors (Lipinski definition) is 0. The van der Waals surface area contributed by atoms with E-state index in [9.17, 15) is 0 Å². The molecule has 4 heteroatoms. The molecule has 0 spiro atoms. The third-order valence-electron chi connectivity index (χ3n) is 1.41. The van der Waals surface area contributed by atoms with E-state index in [1.54, 1.807) is 13.1 Å². The van der Waals surface area contributed by atoms with Gasteiger partial charge in [0.2, 0.25) is 0 Å². The van der Waals surface area contributed by atoms with Gasteiger partial charge in [-0.15, -0.1) is 0 Å². The van der Waals surface area contributed by atoms with Crippen LogP contribution in [0.1, 0.15) is 5.82 Å². The predicted octanol–water partition coefficient (Wildman–Crippen LogP) is 1.44. The van der Waals surface area contributed by atoms with E-state index in [-0.39, 0.29) is 0 Å². The minimum atomic E-state index is 0.466. The van der Waals surface area contributed by atoms with Crippen molar-refractivity contribution >= 4 is 0 Å². The van der Waals surface area contributed by atoms with Crippen LogP contribution in [0.5, 0.6) is 0 Å². The fourth-order valence-electron chi connectivity index (χ4n) is 0.890. The Balaban J connectivity index is 2.45. The Hall–Kier alpha value is -1.71. The molecule has 0 bridgehead atoms. The Kier molecular flexibility index (Phi) is 1.59. The second kappa shape index (κ2) is 2.73. The van der Waals surface area contributed by atoms with E-state index in [2.05, 4.69) is 15.1 Å². The number of aromatic nitrogens is 3. The maximum atomic E-state index is 4.93. The lowest BCUT2D eigenvalue weighted by atomic mass is 10.3. The van der Waals surface area contributed by atoms with Crippen molar-refractivity contribution < 1.29 is 4.52 Å².